The van der Waals surface area contributed by atoms with Gasteiger partial charge in [0.25, 0.3) is 0 Å². The van der Waals surface area contributed by atoms with Crippen molar-refractivity contribution in [2.75, 3.05) is 0 Å². The summed E-state index contributed by atoms with van der Waals surface area (Å²) in [6.07, 6.45) is 3.07. The molecule has 0 heterocycles. The summed E-state index contributed by atoms with van der Waals surface area (Å²) in [5.41, 5.74) is 1.32. The van der Waals surface area contributed by atoms with Crippen LogP contribution >= 0.6 is 0 Å². The van der Waals surface area contributed by atoms with Crippen LogP contribution in [0.3, 0.4) is 0 Å². The Kier molecular flexibility index (Phi) is 2.41. The van der Waals surface area contributed by atoms with Crippen molar-refractivity contribution in [3.05, 3.63) is 48.0 Å². The van der Waals surface area contributed by atoms with E-state index in [1.165, 1.54) is 16.3 Å². The molecule has 2 aromatic carbocycles. The van der Waals surface area contributed by atoms with E-state index in [9.17, 15) is 5.11 Å². The largest absolute Gasteiger partial charge is 0.392 e. The van der Waals surface area contributed by atoms with Crippen LogP contribution in [-0.4, -0.2) is 11.2 Å². The maximum absolute atomic E-state index is 10.0. The van der Waals surface area contributed by atoms with E-state index < -0.39 is 0 Å². The van der Waals surface area contributed by atoms with Gasteiger partial charge < -0.3 is 5.11 Å². The van der Waals surface area contributed by atoms with Gasteiger partial charge in [-0.05, 0) is 29.2 Å². The molecular weight excluding hydrogens is 196 g/mol. The first-order valence-electron chi connectivity index (χ1n) is 6.02. The molecule has 0 saturated heterocycles. The first-order valence-corrected chi connectivity index (χ1v) is 6.02. The van der Waals surface area contributed by atoms with Gasteiger partial charge in [-0.3, -0.25) is 0 Å². The van der Waals surface area contributed by atoms with Gasteiger partial charge in [0.2, 0.25) is 0 Å². The molecule has 2 unspecified atom stereocenters. The highest BCUT2D eigenvalue weighted by molar-refractivity contribution is 5.86. The third kappa shape index (κ3) is 1.52. The second kappa shape index (κ2) is 3.91. The molecule has 1 N–H and O–H groups in total. The molecule has 1 fully saturated rings. The Bertz CT molecular complexity index is 498. The smallest absolute Gasteiger partial charge is 0.0608 e. The predicted octanol–water partition coefficient (Wildman–Crippen LogP) is 3.47. The molecule has 0 aromatic heterocycles. The third-order valence-electron chi connectivity index (χ3n) is 3.70. The molecule has 16 heavy (non-hydrogen) atoms. The number of fused-ring (bicyclic) bond motifs is 1. The van der Waals surface area contributed by atoms with E-state index in [2.05, 4.69) is 42.5 Å². The van der Waals surface area contributed by atoms with Crippen molar-refractivity contribution in [3.8, 4) is 0 Å². The van der Waals surface area contributed by atoms with Gasteiger partial charge in [-0.1, -0.05) is 48.9 Å². The lowest BCUT2D eigenvalue weighted by molar-refractivity contribution is 0.164. The molecule has 3 rings (SSSR count). The lowest BCUT2D eigenvalue weighted by Crippen LogP contribution is -2.11. The second-order valence-electron chi connectivity index (χ2n) is 4.67. The predicted molar refractivity (Wildman–Crippen MR) is 66.5 cm³/mol. The average molecular weight is 212 g/mol. The summed E-state index contributed by atoms with van der Waals surface area (Å²) < 4.78 is 0. The molecule has 0 spiro atoms. The zero-order valence-corrected chi connectivity index (χ0v) is 9.26. The Morgan fingerprint density at radius 3 is 2.56 bits per heavy atom. The summed E-state index contributed by atoms with van der Waals surface area (Å²) in [4.78, 5) is 0. The second-order valence-corrected chi connectivity index (χ2v) is 4.67. The summed E-state index contributed by atoms with van der Waals surface area (Å²) in [5, 5.41) is 12.6. The lowest BCUT2D eigenvalue weighted by Gasteiger charge is -2.17. The molecule has 0 radical (unpaired) electrons. The van der Waals surface area contributed by atoms with E-state index >= 15 is 0 Å². The highest BCUT2D eigenvalue weighted by atomic mass is 16.3. The fraction of sp³-hybridized carbons (Fsp3) is 0.333. The van der Waals surface area contributed by atoms with Crippen molar-refractivity contribution in [2.24, 2.45) is 0 Å². The van der Waals surface area contributed by atoms with Crippen molar-refractivity contribution in [3.63, 3.8) is 0 Å². The summed E-state index contributed by atoms with van der Waals surface area (Å²) in [5.74, 6) is 0.339. The van der Waals surface area contributed by atoms with E-state index in [1.807, 2.05) is 0 Å². The van der Waals surface area contributed by atoms with Crippen LogP contribution in [-0.2, 0) is 0 Å². The minimum absolute atomic E-state index is 0.147. The van der Waals surface area contributed by atoms with Crippen molar-refractivity contribution < 1.29 is 5.11 Å². The fourth-order valence-corrected chi connectivity index (χ4v) is 2.88. The quantitative estimate of drug-likeness (QED) is 0.767. The first kappa shape index (κ1) is 9.86. The number of benzene rings is 2. The van der Waals surface area contributed by atoms with E-state index in [0.717, 1.165) is 19.3 Å². The molecule has 2 aromatic rings. The minimum Gasteiger partial charge on any atom is -0.392 e. The first-order chi connectivity index (χ1) is 7.86. The summed E-state index contributed by atoms with van der Waals surface area (Å²) in [6.45, 7) is 0. The average Bonchev–Trinajstić information content (AvgIpc) is 2.75. The summed E-state index contributed by atoms with van der Waals surface area (Å²) in [6, 6.07) is 14.9. The van der Waals surface area contributed by atoms with Crippen LogP contribution in [0.4, 0.5) is 0 Å². The monoisotopic (exact) mass is 212 g/mol. The normalized spacial score (nSPS) is 25.1. The molecule has 0 amide bonds. The number of hydrogen-bond acceptors (Lipinski definition) is 1. The molecule has 2 atom stereocenters. The number of aliphatic hydroxyl groups excluding tert-OH is 1. The van der Waals surface area contributed by atoms with Crippen LogP contribution in [0.1, 0.15) is 30.7 Å². The van der Waals surface area contributed by atoms with Crippen molar-refractivity contribution in [1.82, 2.24) is 0 Å². The number of hydrogen-bond donors (Lipinski definition) is 1. The van der Waals surface area contributed by atoms with Crippen LogP contribution in [0.5, 0.6) is 0 Å². The lowest BCUT2D eigenvalue weighted by atomic mass is 9.91. The topological polar surface area (TPSA) is 20.2 Å². The van der Waals surface area contributed by atoms with Crippen LogP contribution < -0.4 is 0 Å². The van der Waals surface area contributed by atoms with Crippen LogP contribution in [0, 0.1) is 0 Å². The van der Waals surface area contributed by atoms with E-state index in [1.54, 1.807) is 0 Å². The molecule has 1 aliphatic rings. The van der Waals surface area contributed by atoms with Gasteiger partial charge >= 0.3 is 0 Å². The van der Waals surface area contributed by atoms with Gasteiger partial charge in [-0.15, -0.1) is 0 Å². The third-order valence-corrected chi connectivity index (χ3v) is 3.70. The summed E-state index contributed by atoms with van der Waals surface area (Å²) in [7, 11) is 0. The Morgan fingerprint density at radius 2 is 1.75 bits per heavy atom. The molecule has 1 heteroatoms. The maximum Gasteiger partial charge on any atom is 0.0608 e. The molecule has 1 nitrogen and oxygen atoms in total. The zero-order chi connectivity index (χ0) is 11.0. The Balaban J connectivity index is 2.16. The Hall–Kier alpha value is -1.34. The fourth-order valence-electron chi connectivity index (χ4n) is 2.88. The maximum atomic E-state index is 10.0. The van der Waals surface area contributed by atoms with Gasteiger partial charge in [0.1, 0.15) is 0 Å². The van der Waals surface area contributed by atoms with Gasteiger partial charge in [0.05, 0.1) is 6.10 Å². The van der Waals surface area contributed by atoms with E-state index in [-0.39, 0.29) is 6.10 Å². The summed E-state index contributed by atoms with van der Waals surface area (Å²) >= 11 is 0. The van der Waals surface area contributed by atoms with Crippen molar-refractivity contribution in [1.29, 1.82) is 0 Å². The van der Waals surface area contributed by atoms with E-state index in [0.29, 0.717) is 5.92 Å². The van der Waals surface area contributed by atoms with Gasteiger partial charge in [0, 0.05) is 5.92 Å². The molecule has 0 bridgehead atoms. The number of rotatable bonds is 1. The Morgan fingerprint density at radius 1 is 0.938 bits per heavy atom. The van der Waals surface area contributed by atoms with E-state index in [4.69, 9.17) is 0 Å². The molecular formula is C15H16O. The standard InChI is InChI=1S/C15H16O/c16-15-10-4-9-14(15)13-8-3-6-11-5-1-2-7-12(11)13/h1-3,5-8,14-16H,4,9-10H2. The minimum atomic E-state index is -0.147. The molecule has 82 valence electrons. The van der Waals surface area contributed by atoms with Gasteiger partial charge in [-0.2, -0.15) is 0 Å². The number of aliphatic hydroxyl groups is 1. The zero-order valence-electron chi connectivity index (χ0n) is 9.26. The van der Waals surface area contributed by atoms with Crippen molar-refractivity contribution >= 4 is 10.8 Å². The highest BCUT2D eigenvalue weighted by Gasteiger charge is 2.27. The van der Waals surface area contributed by atoms with Crippen molar-refractivity contribution in [2.45, 2.75) is 31.3 Å². The Labute approximate surface area is 95.7 Å². The molecule has 0 aliphatic heterocycles. The highest BCUT2D eigenvalue weighted by Crippen LogP contribution is 2.37. The van der Waals surface area contributed by atoms with Crippen LogP contribution in [0.15, 0.2) is 42.5 Å². The molecule has 1 saturated carbocycles. The van der Waals surface area contributed by atoms with Crippen LogP contribution in [0.2, 0.25) is 0 Å². The van der Waals surface area contributed by atoms with Crippen LogP contribution in [0.25, 0.3) is 10.8 Å². The van der Waals surface area contributed by atoms with Gasteiger partial charge in [-0.25, -0.2) is 0 Å². The SMILES string of the molecule is OC1CCCC1c1cccc2ccccc12. The van der Waals surface area contributed by atoms with Gasteiger partial charge in [0.15, 0.2) is 0 Å². The molecule has 1 aliphatic carbocycles.